The zero-order valence-corrected chi connectivity index (χ0v) is 11.5. The van der Waals surface area contributed by atoms with E-state index in [4.69, 9.17) is 4.18 Å². The topological polar surface area (TPSA) is 43.4 Å². The van der Waals surface area contributed by atoms with Crippen LogP contribution in [-0.2, 0) is 14.3 Å². The maximum atomic E-state index is 11.9. The zero-order valence-electron chi connectivity index (χ0n) is 10.6. The summed E-state index contributed by atoms with van der Waals surface area (Å²) in [4.78, 5) is 0.147. The van der Waals surface area contributed by atoms with E-state index in [0.717, 1.165) is 5.56 Å². The molecule has 0 saturated carbocycles. The van der Waals surface area contributed by atoms with E-state index in [-0.39, 0.29) is 10.7 Å². The average Bonchev–Trinajstić information content (AvgIpc) is 2.16. The molecule has 94 valence electrons. The van der Waals surface area contributed by atoms with Gasteiger partial charge in [0.05, 0.1) is 0 Å². The van der Waals surface area contributed by atoms with Crippen LogP contribution in [0.2, 0.25) is 0 Å². The lowest BCUT2D eigenvalue weighted by Crippen LogP contribution is -2.16. The Balaban J connectivity index is 2.98. The van der Waals surface area contributed by atoms with Crippen LogP contribution in [-0.4, -0.2) is 8.42 Å². The molecule has 0 spiro atoms. The molecule has 0 fully saturated rings. The Bertz CT molecular complexity index is 505. The first-order valence-corrected chi connectivity index (χ1v) is 6.74. The first kappa shape index (κ1) is 13.8. The minimum Gasteiger partial charge on any atom is -0.384 e. The lowest BCUT2D eigenvalue weighted by Gasteiger charge is -2.21. The highest BCUT2D eigenvalue weighted by Gasteiger charge is 2.24. The third-order valence-corrected chi connectivity index (χ3v) is 3.63. The van der Waals surface area contributed by atoms with E-state index in [2.05, 4.69) is 6.58 Å². The molecule has 4 heteroatoms. The molecule has 0 unspecified atom stereocenters. The van der Waals surface area contributed by atoms with Crippen molar-refractivity contribution >= 4 is 10.1 Å². The van der Waals surface area contributed by atoms with Gasteiger partial charge in [-0.15, -0.1) is 0 Å². The maximum absolute atomic E-state index is 11.9. The predicted octanol–water partition coefficient (Wildman–Crippen LogP) is 3.26. The Kier molecular flexibility index (Phi) is 3.67. The second-order valence-corrected chi connectivity index (χ2v) is 6.57. The van der Waals surface area contributed by atoms with Gasteiger partial charge in [-0.25, -0.2) is 0 Å². The summed E-state index contributed by atoms with van der Waals surface area (Å²) in [6.45, 7) is 11.1. The normalized spacial score (nSPS) is 12.2. The summed E-state index contributed by atoms with van der Waals surface area (Å²) in [6, 6.07) is 6.52. The summed E-state index contributed by atoms with van der Waals surface area (Å²) < 4.78 is 28.8. The van der Waals surface area contributed by atoms with Gasteiger partial charge in [0.15, 0.2) is 0 Å². The highest BCUT2D eigenvalue weighted by atomic mass is 32.2. The van der Waals surface area contributed by atoms with Gasteiger partial charge >= 0.3 is 10.1 Å². The van der Waals surface area contributed by atoms with Gasteiger partial charge in [-0.2, -0.15) is 8.42 Å². The molecule has 0 bridgehead atoms. The van der Waals surface area contributed by atoms with Crippen molar-refractivity contribution in [3.63, 3.8) is 0 Å². The molecule has 0 aliphatic rings. The molecule has 1 aromatic carbocycles. The number of allylic oxidation sites excluding steroid dienone is 1. The molecule has 0 aliphatic heterocycles. The van der Waals surface area contributed by atoms with Crippen LogP contribution >= 0.6 is 0 Å². The molecule has 0 radical (unpaired) electrons. The van der Waals surface area contributed by atoms with Gasteiger partial charge in [-0.1, -0.05) is 45.0 Å². The van der Waals surface area contributed by atoms with Gasteiger partial charge in [0.2, 0.25) is 0 Å². The van der Waals surface area contributed by atoms with Gasteiger partial charge in [-0.05, 0) is 19.1 Å². The van der Waals surface area contributed by atoms with Crippen LogP contribution in [0.15, 0.2) is 41.5 Å². The van der Waals surface area contributed by atoms with Crippen molar-refractivity contribution in [2.75, 3.05) is 0 Å². The second-order valence-electron chi connectivity index (χ2n) is 5.02. The molecular weight excluding hydrogens is 236 g/mol. The summed E-state index contributed by atoms with van der Waals surface area (Å²) >= 11 is 0. The summed E-state index contributed by atoms with van der Waals surface area (Å²) in [6.07, 6.45) is 0. The molecule has 1 rings (SSSR count). The molecule has 0 aliphatic carbocycles. The fraction of sp³-hybridized carbons (Fsp3) is 0.385. The molecule has 1 aromatic rings. The van der Waals surface area contributed by atoms with Crippen LogP contribution in [0.25, 0.3) is 0 Å². The van der Waals surface area contributed by atoms with Crippen molar-refractivity contribution in [3.05, 3.63) is 42.2 Å². The fourth-order valence-electron chi connectivity index (χ4n) is 1.01. The van der Waals surface area contributed by atoms with E-state index in [0.29, 0.717) is 0 Å². The lowest BCUT2D eigenvalue weighted by atomic mass is 9.95. The molecule has 0 amide bonds. The molecule has 0 aromatic heterocycles. The van der Waals surface area contributed by atoms with E-state index in [9.17, 15) is 8.42 Å². The van der Waals surface area contributed by atoms with Crippen molar-refractivity contribution in [3.8, 4) is 0 Å². The van der Waals surface area contributed by atoms with Crippen LogP contribution < -0.4 is 0 Å². The van der Waals surface area contributed by atoms with Crippen LogP contribution in [0.4, 0.5) is 0 Å². The standard InChI is InChI=1S/C13H18O3S/c1-10-6-8-12(9-7-10)17(14,15)16-11(2)13(3,4)5/h6-9H,2H2,1,3-5H3. The van der Waals surface area contributed by atoms with Crippen LogP contribution in [0, 0.1) is 12.3 Å². The van der Waals surface area contributed by atoms with Gasteiger partial charge in [0.25, 0.3) is 0 Å². The summed E-state index contributed by atoms with van der Waals surface area (Å²) in [5.41, 5.74) is 0.594. The van der Waals surface area contributed by atoms with Crippen LogP contribution in [0.3, 0.4) is 0 Å². The number of hydrogen-bond acceptors (Lipinski definition) is 3. The predicted molar refractivity (Wildman–Crippen MR) is 68.0 cm³/mol. The van der Waals surface area contributed by atoms with Crippen molar-refractivity contribution < 1.29 is 12.6 Å². The van der Waals surface area contributed by atoms with Crippen molar-refractivity contribution in [2.45, 2.75) is 32.6 Å². The molecule has 3 nitrogen and oxygen atoms in total. The second kappa shape index (κ2) is 4.53. The molecule has 0 N–H and O–H groups in total. The van der Waals surface area contributed by atoms with Crippen molar-refractivity contribution in [1.29, 1.82) is 0 Å². The van der Waals surface area contributed by atoms with Gasteiger partial charge in [0, 0.05) is 5.41 Å². The number of benzene rings is 1. The van der Waals surface area contributed by atoms with Gasteiger partial charge in [0.1, 0.15) is 10.7 Å². The Morgan fingerprint density at radius 2 is 1.65 bits per heavy atom. The summed E-state index contributed by atoms with van der Waals surface area (Å²) in [5, 5.41) is 0. The average molecular weight is 254 g/mol. The first-order chi connectivity index (χ1) is 7.63. The maximum Gasteiger partial charge on any atom is 0.338 e. The van der Waals surface area contributed by atoms with Crippen molar-refractivity contribution in [2.24, 2.45) is 5.41 Å². The van der Waals surface area contributed by atoms with E-state index in [1.165, 1.54) is 12.1 Å². The smallest absolute Gasteiger partial charge is 0.338 e. The SMILES string of the molecule is C=C(OS(=O)(=O)c1ccc(C)cc1)C(C)(C)C. The fourth-order valence-corrected chi connectivity index (χ4v) is 2.09. The van der Waals surface area contributed by atoms with E-state index in [1.807, 2.05) is 27.7 Å². The molecule has 0 saturated heterocycles. The minimum absolute atomic E-state index is 0.147. The van der Waals surface area contributed by atoms with Gasteiger partial charge < -0.3 is 4.18 Å². The molecule has 17 heavy (non-hydrogen) atoms. The first-order valence-electron chi connectivity index (χ1n) is 5.33. The highest BCUT2D eigenvalue weighted by molar-refractivity contribution is 7.86. The van der Waals surface area contributed by atoms with E-state index in [1.54, 1.807) is 12.1 Å². The Morgan fingerprint density at radius 1 is 1.18 bits per heavy atom. The quantitative estimate of drug-likeness (QED) is 0.614. The lowest BCUT2D eigenvalue weighted by molar-refractivity contribution is 0.298. The number of hydrogen-bond donors (Lipinski definition) is 0. The number of rotatable bonds is 3. The van der Waals surface area contributed by atoms with E-state index >= 15 is 0 Å². The highest BCUT2D eigenvalue weighted by Crippen LogP contribution is 2.28. The largest absolute Gasteiger partial charge is 0.384 e. The van der Waals surface area contributed by atoms with E-state index < -0.39 is 15.5 Å². The van der Waals surface area contributed by atoms with Crippen LogP contribution in [0.1, 0.15) is 26.3 Å². The minimum atomic E-state index is -3.76. The van der Waals surface area contributed by atoms with Crippen molar-refractivity contribution in [1.82, 2.24) is 0 Å². The van der Waals surface area contributed by atoms with Gasteiger partial charge in [-0.3, -0.25) is 0 Å². The third-order valence-electron chi connectivity index (χ3n) is 2.36. The monoisotopic (exact) mass is 254 g/mol. The molecule has 0 atom stereocenters. The zero-order chi connectivity index (χ0) is 13.3. The molecule has 0 heterocycles. The third kappa shape index (κ3) is 3.60. The summed E-state index contributed by atoms with van der Waals surface area (Å²) in [5.74, 6) is 0.234. The molecular formula is C13H18O3S. The number of aryl methyl sites for hydroxylation is 1. The Labute approximate surface area is 103 Å². The van der Waals surface area contributed by atoms with Crippen LogP contribution in [0.5, 0.6) is 0 Å². The summed E-state index contributed by atoms with van der Waals surface area (Å²) in [7, 11) is -3.76. The Hall–Kier alpha value is -1.29. The Morgan fingerprint density at radius 3 is 2.06 bits per heavy atom.